The number of phenols is 5. The Kier molecular flexibility index (Phi) is 4.17. The fourth-order valence-electron chi connectivity index (χ4n) is 4.16. The molecule has 0 spiro atoms. The van der Waals surface area contributed by atoms with E-state index >= 15 is 0 Å². The Morgan fingerprint density at radius 3 is 2.22 bits per heavy atom. The van der Waals surface area contributed by atoms with Crippen molar-refractivity contribution in [2.75, 3.05) is 0 Å². The molecule has 3 aromatic carbocycles. The first-order valence-electron chi connectivity index (χ1n) is 9.98. The number of rotatable bonds is 2. The average molecular weight is 429 g/mol. The maximum Gasteiger partial charge on any atom is 0.239 e. The van der Waals surface area contributed by atoms with Crippen molar-refractivity contribution in [3.63, 3.8) is 0 Å². The Balaban J connectivity index is 1.90. The van der Waals surface area contributed by atoms with Crippen LogP contribution in [0.15, 0.2) is 54.6 Å². The molecular formula is C25H21N2O5+. The molecule has 0 aliphatic rings. The highest BCUT2D eigenvalue weighted by atomic mass is 16.3. The second-order valence-corrected chi connectivity index (χ2v) is 7.89. The third kappa shape index (κ3) is 2.79. The van der Waals surface area contributed by atoms with Crippen molar-refractivity contribution in [2.24, 2.45) is 7.05 Å². The highest BCUT2D eigenvalue weighted by molar-refractivity contribution is 5.96. The number of aromatic nitrogens is 2. The molecule has 2 aromatic heterocycles. The molecule has 0 saturated carbocycles. The summed E-state index contributed by atoms with van der Waals surface area (Å²) in [6.07, 6.45) is 1.84. The minimum absolute atomic E-state index is 0.166. The van der Waals surface area contributed by atoms with Crippen LogP contribution in [-0.4, -0.2) is 30.0 Å². The van der Waals surface area contributed by atoms with E-state index in [4.69, 9.17) is 0 Å². The van der Waals surface area contributed by atoms with Crippen molar-refractivity contribution in [1.82, 2.24) is 4.52 Å². The lowest BCUT2D eigenvalue weighted by molar-refractivity contribution is -0.725. The quantitative estimate of drug-likeness (QED) is 0.219. The van der Waals surface area contributed by atoms with Crippen LogP contribution in [0.5, 0.6) is 28.7 Å². The van der Waals surface area contributed by atoms with E-state index in [1.165, 1.54) is 18.2 Å². The van der Waals surface area contributed by atoms with Gasteiger partial charge in [0, 0.05) is 11.3 Å². The van der Waals surface area contributed by atoms with Crippen LogP contribution in [0.25, 0.3) is 33.8 Å². The topological polar surface area (TPSA) is 109 Å². The van der Waals surface area contributed by atoms with Gasteiger partial charge in [0.25, 0.3) is 0 Å². The van der Waals surface area contributed by atoms with Crippen LogP contribution in [0.2, 0.25) is 0 Å². The van der Waals surface area contributed by atoms with Gasteiger partial charge in [0.05, 0.1) is 10.9 Å². The Morgan fingerprint density at radius 2 is 1.50 bits per heavy atom. The lowest BCUT2D eigenvalue weighted by Gasteiger charge is -2.02. The molecule has 5 rings (SSSR count). The van der Waals surface area contributed by atoms with Gasteiger partial charge in [-0.25, -0.2) is 0 Å². The predicted octanol–water partition coefficient (Wildman–Crippen LogP) is 2.97. The van der Waals surface area contributed by atoms with Gasteiger partial charge in [0.1, 0.15) is 16.8 Å². The molecular weight excluding hydrogens is 408 g/mol. The predicted molar refractivity (Wildman–Crippen MR) is 120 cm³/mol. The molecule has 7 heteroatoms. The first-order chi connectivity index (χ1) is 15.3. The number of aromatic hydroxyl groups is 5. The third-order valence-corrected chi connectivity index (χ3v) is 5.87. The molecule has 32 heavy (non-hydrogen) atoms. The fourth-order valence-corrected chi connectivity index (χ4v) is 4.16. The summed E-state index contributed by atoms with van der Waals surface area (Å²) >= 11 is 0. The fraction of sp³-hybridized carbons (Fsp3) is 0.0800. The first-order valence-corrected chi connectivity index (χ1v) is 9.98. The molecule has 0 bridgehead atoms. The van der Waals surface area contributed by atoms with Gasteiger partial charge < -0.3 is 25.5 Å². The normalized spacial score (nSPS) is 12.2. The molecule has 0 aliphatic carbocycles. The summed E-state index contributed by atoms with van der Waals surface area (Å²) < 4.78 is 3.76. The van der Waals surface area contributed by atoms with E-state index < -0.39 is 0 Å². The average Bonchev–Trinajstić information content (AvgIpc) is 3.25. The summed E-state index contributed by atoms with van der Waals surface area (Å²) in [5, 5.41) is 51.7. The second kappa shape index (κ2) is 6.81. The minimum Gasteiger partial charge on any atom is -0.508 e. The van der Waals surface area contributed by atoms with Crippen LogP contribution in [0.4, 0.5) is 0 Å². The summed E-state index contributed by atoms with van der Waals surface area (Å²) in [5.41, 5.74) is 4.38. The maximum absolute atomic E-state index is 10.7. The molecule has 0 saturated heterocycles. The summed E-state index contributed by atoms with van der Waals surface area (Å²) in [7, 11) is 1.84. The van der Waals surface area contributed by atoms with Gasteiger partial charge in [-0.05, 0) is 60.5 Å². The number of fused-ring (bicyclic) bond motifs is 3. The lowest BCUT2D eigenvalue weighted by Crippen LogP contribution is -2.36. The Hall–Kier alpha value is -4.39. The SMILES string of the molecule is Cc1ccc(/C=c2/c3c(O)c(O)ccc3n3c2cc(-c2ccc(O)c(O)c2)[n+]3C)cc1O. The van der Waals surface area contributed by atoms with E-state index in [1.807, 2.05) is 47.4 Å². The summed E-state index contributed by atoms with van der Waals surface area (Å²) in [6, 6.07) is 15.0. The monoisotopic (exact) mass is 429 g/mol. The summed E-state index contributed by atoms with van der Waals surface area (Å²) in [6.45, 7) is 1.81. The number of aryl methyl sites for hydroxylation is 2. The second-order valence-electron chi connectivity index (χ2n) is 7.89. The van der Waals surface area contributed by atoms with Gasteiger partial charge in [0.2, 0.25) is 5.69 Å². The zero-order valence-electron chi connectivity index (χ0n) is 17.4. The molecule has 5 aromatic rings. The van der Waals surface area contributed by atoms with Crippen LogP contribution >= 0.6 is 0 Å². The van der Waals surface area contributed by atoms with Crippen LogP contribution in [0.3, 0.4) is 0 Å². The molecule has 0 unspecified atom stereocenters. The van der Waals surface area contributed by atoms with Gasteiger partial charge in [0.15, 0.2) is 30.0 Å². The maximum atomic E-state index is 10.7. The molecule has 0 radical (unpaired) electrons. The molecule has 0 aliphatic heterocycles. The summed E-state index contributed by atoms with van der Waals surface area (Å²) in [4.78, 5) is 0. The van der Waals surface area contributed by atoms with Crippen molar-refractivity contribution in [3.8, 4) is 40.0 Å². The van der Waals surface area contributed by atoms with Crippen molar-refractivity contribution in [1.29, 1.82) is 0 Å². The number of nitrogens with zero attached hydrogens (tertiary/aromatic N) is 2. The number of hydrogen-bond acceptors (Lipinski definition) is 5. The largest absolute Gasteiger partial charge is 0.508 e. The molecule has 160 valence electrons. The van der Waals surface area contributed by atoms with E-state index in [0.29, 0.717) is 21.7 Å². The van der Waals surface area contributed by atoms with Gasteiger partial charge in [-0.3, -0.25) is 0 Å². The van der Waals surface area contributed by atoms with E-state index in [2.05, 4.69) is 0 Å². The highest BCUT2D eigenvalue weighted by Crippen LogP contribution is 2.34. The zero-order valence-corrected chi connectivity index (χ0v) is 17.4. The standard InChI is InChI=1S/C25H20N2O5/c1-13-3-4-14(10-22(13)30)9-16-19-12-18(15-5-7-20(28)23(31)11-15)26(2)27(19)17-6-8-21(29)25(32)24(16)17/h3-12,29-32H,1-2H3/p+1/b16-9+. The van der Waals surface area contributed by atoms with Crippen LogP contribution in [0.1, 0.15) is 11.1 Å². The van der Waals surface area contributed by atoms with E-state index in [-0.39, 0.29) is 28.7 Å². The number of hydrogen-bond donors (Lipinski definition) is 5. The van der Waals surface area contributed by atoms with Gasteiger partial charge >= 0.3 is 0 Å². The van der Waals surface area contributed by atoms with E-state index in [9.17, 15) is 25.5 Å². The lowest BCUT2D eigenvalue weighted by atomic mass is 10.1. The van der Waals surface area contributed by atoms with Gasteiger partial charge in [-0.1, -0.05) is 12.1 Å². The summed E-state index contributed by atoms with van der Waals surface area (Å²) in [5.74, 6) is -0.702. The molecule has 0 fully saturated rings. The number of phenolic OH excluding ortho intramolecular Hbond substituents is 5. The van der Waals surface area contributed by atoms with Crippen LogP contribution in [0, 0.1) is 6.92 Å². The minimum atomic E-state index is -0.224. The van der Waals surface area contributed by atoms with Crippen molar-refractivity contribution in [2.45, 2.75) is 6.92 Å². The molecule has 2 heterocycles. The van der Waals surface area contributed by atoms with Crippen LogP contribution in [-0.2, 0) is 7.05 Å². The molecule has 0 atom stereocenters. The Bertz CT molecular complexity index is 1600. The molecule has 5 N–H and O–H groups in total. The van der Waals surface area contributed by atoms with Gasteiger partial charge in [-0.15, -0.1) is 9.20 Å². The van der Waals surface area contributed by atoms with Crippen LogP contribution < -0.4 is 9.90 Å². The van der Waals surface area contributed by atoms with E-state index in [1.54, 1.807) is 18.2 Å². The zero-order chi connectivity index (χ0) is 22.7. The van der Waals surface area contributed by atoms with Crippen molar-refractivity contribution < 1.29 is 30.2 Å². The number of benzene rings is 3. The first kappa shape index (κ1) is 19.6. The Morgan fingerprint density at radius 1 is 0.750 bits per heavy atom. The van der Waals surface area contributed by atoms with Gasteiger partial charge in [-0.2, -0.15) is 0 Å². The smallest absolute Gasteiger partial charge is 0.239 e. The highest BCUT2D eigenvalue weighted by Gasteiger charge is 2.25. The van der Waals surface area contributed by atoms with Crippen molar-refractivity contribution in [3.05, 3.63) is 70.9 Å². The van der Waals surface area contributed by atoms with E-state index in [0.717, 1.165) is 22.3 Å². The third-order valence-electron chi connectivity index (χ3n) is 5.87. The molecule has 0 amide bonds. The van der Waals surface area contributed by atoms with Crippen molar-refractivity contribution >= 4 is 22.5 Å². The molecule has 7 nitrogen and oxygen atoms in total. The Labute approximate surface area is 182 Å².